The zero-order valence-corrected chi connectivity index (χ0v) is 14.2. The fourth-order valence-corrected chi connectivity index (χ4v) is 3.37. The van der Waals surface area contributed by atoms with Crippen LogP contribution in [0.25, 0.3) is 0 Å². The highest BCUT2D eigenvalue weighted by molar-refractivity contribution is 9.10. The maximum atomic E-state index is 11.6. The monoisotopic (exact) mass is 359 g/mol. The molecule has 0 unspecified atom stereocenters. The van der Waals surface area contributed by atoms with E-state index >= 15 is 0 Å². The van der Waals surface area contributed by atoms with Crippen LogP contribution in [0.15, 0.2) is 22.7 Å². The second kappa shape index (κ2) is 5.66. The van der Waals surface area contributed by atoms with Gasteiger partial charge in [-0.2, -0.15) is 0 Å². The molecule has 0 amide bonds. The van der Waals surface area contributed by atoms with Crippen molar-refractivity contribution in [3.63, 3.8) is 0 Å². The van der Waals surface area contributed by atoms with E-state index in [-0.39, 0.29) is 11.5 Å². The fraction of sp³-hybridized carbons (Fsp3) is 0.533. The summed E-state index contributed by atoms with van der Waals surface area (Å²) in [6, 6.07) is 5.71. The van der Waals surface area contributed by atoms with E-state index < -0.39 is 11.9 Å². The minimum absolute atomic E-state index is 0.0407. The van der Waals surface area contributed by atoms with E-state index in [0.29, 0.717) is 11.6 Å². The van der Waals surface area contributed by atoms with Crippen LogP contribution in [-0.2, 0) is 4.79 Å². The molecule has 1 aliphatic heterocycles. The van der Waals surface area contributed by atoms with Crippen LogP contribution >= 0.6 is 27.5 Å². The van der Waals surface area contributed by atoms with Crippen molar-refractivity contribution < 1.29 is 9.90 Å². The highest BCUT2D eigenvalue weighted by Gasteiger charge is 2.42. The zero-order valence-electron chi connectivity index (χ0n) is 11.9. The van der Waals surface area contributed by atoms with Gasteiger partial charge in [0, 0.05) is 29.0 Å². The number of likely N-dealkylation sites (tertiary alicyclic amines) is 1. The summed E-state index contributed by atoms with van der Waals surface area (Å²) in [5, 5.41) is 10.1. The Hall–Kier alpha value is -0.580. The van der Waals surface area contributed by atoms with Crippen molar-refractivity contribution in [2.24, 2.45) is 5.92 Å². The lowest BCUT2D eigenvalue weighted by Gasteiger charge is -2.31. The molecule has 0 bridgehead atoms. The van der Waals surface area contributed by atoms with E-state index in [4.69, 9.17) is 11.6 Å². The van der Waals surface area contributed by atoms with Crippen molar-refractivity contribution in [2.45, 2.75) is 32.2 Å². The van der Waals surface area contributed by atoms with Gasteiger partial charge in [0.1, 0.15) is 0 Å². The molecule has 1 N–H and O–H groups in total. The van der Waals surface area contributed by atoms with Crippen molar-refractivity contribution in [3.05, 3.63) is 33.3 Å². The maximum Gasteiger partial charge on any atom is 0.308 e. The maximum absolute atomic E-state index is 11.6. The summed E-state index contributed by atoms with van der Waals surface area (Å²) < 4.78 is 0.815. The zero-order chi connectivity index (χ0) is 15.1. The minimum atomic E-state index is -0.752. The third kappa shape index (κ3) is 3.02. The smallest absolute Gasteiger partial charge is 0.308 e. The van der Waals surface area contributed by atoms with Gasteiger partial charge in [-0.25, -0.2) is 0 Å². The summed E-state index contributed by atoms with van der Waals surface area (Å²) in [5.41, 5.74) is 0.876. The van der Waals surface area contributed by atoms with Crippen LogP contribution in [0, 0.1) is 5.92 Å². The third-order valence-corrected chi connectivity index (χ3v) is 5.28. The molecule has 0 spiro atoms. The van der Waals surface area contributed by atoms with Crippen LogP contribution in [0.2, 0.25) is 5.02 Å². The first-order valence-electron chi connectivity index (χ1n) is 6.63. The molecule has 0 aliphatic carbocycles. The van der Waals surface area contributed by atoms with Gasteiger partial charge in [-0.3, -0.25) is 9.69 Å². The Labute approximate surface area is 133 Å². The lowest BCUT2D eigenvalue weighted by atomic mass is 9.89. The van der Waals surface area contributed by atoms with Gasteiger partial charge in [-0.05, 0) is 48.3 Å². The van der Waals surface area contributed by atoms with Crippen LogP contribution in [0.4, 0.5) is 0 Å². The summed E-state index contributed by atoms with van der Waals surface area (Å²) in [7, 11) is 0. The highest BCUT2D eigenvalue weighted by atomic mass is 79.9. The van der Waals surface area contributed by atoms with Crippen molar-refractivity contribution in [2.75, 3.05) is 13.1 Å². The number of aliphatic carboxylic acids is 1. The van der Waals surface area contributed by atoms with Crippen LogP contribution in [0.1, 0.15) is 32.3 Å². The predicted octanol–water partition coefficient (Wildman–Crippen LogP) is 4.00. The molecule has 2 rings (SSSR count). The number of halogens is 2. The standard InChI is InChI=1S/C15H19BrClNO2/c1-15(2,3)18-7-10(11(8-18)14(19)20)9-5-4-6-12(16)13(9)17/h4-6,10-11H,7-8H2,1-3H3,(H,19,20)/t10-,11+/m0/s1. The van der Waals surface area contributed by atoms with Crippen molar-refractivity contribution >= 4 is 33.5 Å². The van der Waals surface area contributed by atoms with Gasteiger partial charge in [0.25, 0.3) is 0 Å². The van der Waals surface area contributed by atoms with Crippen LogP contribution < -0.4 is 0 Å². The molecule has 1 saturated heterocycles. The quantitative estimate of drug-likeness (QED) is 0.866. The average molecular weight is 361 g/mol. The molecule has 1 aromatic carbocycles. The van der Waals surface area contributed by atoms with E-state index in [1.54, 1.807) is 0 Å². The number of hydrogen-bond donors (Lipinski definition) is 1. The van der Waals surface area contributed by atoms with Gasteiger partial charge in [0.15, 0.2) is 0 Å². The van der Waals surface area contributed by atoms with Crippen LogP contribution in [0.3, 0.4) is 0 Å². The van der Waals surface area contributed by atoms with E-state index in [1.807, 2.05) is 18.2 Å². The Bertz CT molecular complexity index is 527. The number of nitrogens with zero attached hydrogens (tertiary/aromatic N) is 1. The molecule has 0 aromatic heterocycles. The molecular weight excluding hydrogens is 342 g/mol. The Morgan fingerprint density at radius 3 is 2.60 bits per heavy atom. The number of hydrogen-bond acceptors (Lipinski definition) is 2. The summed E-state index contributed by atoms with van der Waals surface area (Å²) in [6.07, 6.45) is 0. The molecule has 1 aliphatic rings. The number of carboxylic acids is 1. The molecule has 1 aromatic rings. The van der Waals surface area contributed by atoms with Gasteiger partial charge >= 0.3 is 5.97 Å². The van der Waals surface area contributed by atoms with Gasteiger partial charge in [0.2, 0.25) is 0 Å². The van der Waals surface area contributed by atoms with Gasteiger partial charge < -0.3 is 5.11 Å². The Morgan fingerprint density at radius 1 is 1.40 bits per heavy atom. The van der Waals surface area contributed by atoms with Gasteiger partial charge in [0.05, 0.1) is 10.9 Å². The largest absolute Gasteiger partial charge is 0.481 e. The number of carboxylic acid groups (broad SMARTS) is 1. The molecule has 3 nitrogen and oxygen atoms in total. The summed E-state index contributed by atoms with van der Waals surface area (Å²) >= 11 is 9.76. The third-order valence-electron chi connectivity index (χ3n) is 3.97. The number of carbonyl (C=O) groups is 1. The topological polar surface area (TPSA) is 40.5 Å². The van der Waals surface area contributed by atoms with E-state index in [1.165, 1.54) is 0 Å². The second-order valence-electron chi connectivity index (χ2n) is 6.27. The van der Waals surface area contributed by atoms with Gasteiger partial charge in [-0.1, -0.05) is 23.7 Å². The second-order valence-corrected chi connectivity index (χ2v) is 7.50. The Balaban J connectivity index is 2.38. The number of benzene rings is 1. The molecule has 2 atom stereocenters. The Morgan fingerprint density at radius 2 is 2.05 bits per heavy atom. The SMILES string of the molecule is CC(C)(C)N1C[C@@H](C(=O)O)[C@H](c2cccc(Br)c2Cl)C1. The van der Waals surface area contributed by atoms with E-state index in [2.05, 4.69) is 41.6 Å². The molecule has 1 heterocycles. The predicted molar refractivity (Wildman–Crippen MR) is 84.3 cm³/mol. The van der Waals surface area contributed by atoms with Gasteiger partial charge in [-0.15, -0.1) is 0 Å². The van der Waals surface area contributed by atoms with Crippen molar-refractivity contribution in [1.82, 2.24) is 4.90 Å². The first-order chi connectivity index (χ1) is 9.21. The number of rotatable bonds is 2. The summed E-state index contributed by atoms with van der Waals surface area (Å²) in [4.78, 5) is 13.8. The lowest BCUT2D eigenvalue weighted by molar-refractivity contribution is -0.141. The normalized spacial score (nSPS) is 24.1. The lowest BCUT2D eigenvalue weighted by Crippen LogP contribution is -2.40. The molecule has 1 fully saturated rings. The first-order valence-corrected chi connectivity index (χ1v) is 7.80. The van der Waals surface area contributed by atoms with Crippen molar-refractivity contribution in [1.29, 1.82) is 0 Å². The Kier molecular flexibility index (Phi) is 4.47. The average Bonchev–Trinajstić information content (AvgIpc) is 2.77. The molecule has 5 heteroatoms. The molecule has 0 radical (unpaired) electrons. The van der Waals surface area contributed by atoms with E-state index in [9.17, 15) is 9.90 Å². The summed E-state index contributed by atoms with van der Waals surface area (Å²) in [6.45, 7) is 7.60. The molecule has 110 valence electrons. The highest BCUT2D eigenvalue weighted by Crippen LogP contribution is 2.40. The molecule has 0 saturated carbocycles. The van der Waals surface area contributed by atoms with Crippen molar-refractivity contribution in [3.8, 4) is 0 Å². The molecule has 20 heavy (non-hydrogen) atoms. The van der Waals surface area contributed by atoms with Crippen LogP contribution in [0.5, 0.6) is 0 Å². The first kappa shape index (κ1) is 15.8. The molecular formula is C15H19BrClNO2. The summed E-state index contributed by atoms with van der Waals surface area (Å²) in [5.74, 6) is -1.24. The fourth-order valence-electron chi connectivity index (χ4n) is 2.72. The van der Waals surface area contributed by atoms with Crippen LogP contribution in [-0.4, -0.2) is 34.6 Å². The minimum Gasteiger partial charge on any atom is -0.481 e. The van der Waals surface area contributed by atoms with E-state index in [0.717, 1.165) is 16.6 Å².